The van der Waals surface area contributed by atoms with Crippen LogP contribution in [0.5, 0.6) is 0 Å². The van der Waals surface area contributed by atoms with Crippen molar-refractivity contribution in [1.29, 1.82) is 0 Å². The van der Waals surface area contributed by atoms with Crippen LogP contribution in [0.15, 0.2) is 23.4 Å². The highest BCUT2D eigenvalue weighted by molar-refractivity contribution is 6.33. The third-order valence-corrected chi connectivity index (χ3v) is 2.40. The van der Waals surface area contributed by atoms with Crippen LogP contribution in [0, 0.1) is 0 Å². The monoisotopic (exact) mass is 310 g/mol. The third-order valence-electron chi connectivity index (χ3n) is 2.07. The molecule has 2 amide bonds. The highest BCUT2D eigenvalue weighted by Gasteiger charge is 2.27. The molecule has 110 valence electrons. The molecule has 1 aromatic carbocycles. The second-order valence-corrected chi connectivity index (χ2v) is 4.01. The maximum absolute atomic E-state index is 11.9. The number of nitrogens with two attached hydrogens (primary N) is 1. The molecule has 5 N–H and O–H groups in total. The number of nitrogens with zero attached hydrogens (tertiary/aromatic N) is 1. The molecule has 0 aromatic heterocycles. The number of halogens is 4. The summed E-state index contributed by atoms with van der Waals surface area (Å²) >= 11 is 5.77. The predicted molar refractivity (Wildman–Crippen MR) is 67.0 cm³/mol. The summed E-state index contributed by atoms with van der Waals surface area (Å²) in [5.74, 6) is -0.236. The number of carbonyl (C=O) groups excluding carboxylic acids is 1. The zero-order chi connectivity index (χ0) is 15.3. The number of hydrogen-bond acceptors (Lipinski definition) is 3. The van der Waals surface area contributed by atoms with Crippen LogP contribution in [0.4, 0.5) is 23.7 Å². The smallest absolute Gasteiger partial charge is 0.405 e. The number of rotatable bonds is 3. The van der Waals surface area contributed by atoms with E-state index < -0.39 is 18.8 Å². The molecule has 6 nitrogen and oxygen atoms in total. The fourth-order valence-electron chi connectivity index (χ4n) is 1.19. The first-order valence-corrected chi connectivity index (χ1v) is 5.50. The molecule has 0 spiro atoms. The number of urea groups is 1. The molecule has 0 saturated heterocycles. The Morgan fingerprint density at radius 2 is 2.10 bits per heavy atom. The van der Waals surface area contributed by atoms with Crippen LogP contribution in [0.1, 0.15) is 5.56 Å². The van der Waals surface area contributed by atoms with Gasteiger partial charge in [0.25, 0.3) is 0 Å². The first-order chi connectivity index (χ1) is 9.23. The maximum Gasteiger partial charge on any atom is 0.405 e. The quantitative estimate of drug-likeness (QED) is 0.298. The molecule has 1 rings (SSSR count). The van der Waals surface area contributed by atoms with Gasteiger partial charge in [-0.1, -0.05) is 16.8 Å². The number of amidine groups is 1. The third kappa shape index (κ3) is 4.84. The van der Waals surface area contributed by atoms with Crippen LogP contribution in [0.3, 0.4) is 0 Å². The number of oxime groups is 1. The highest BCUT2D eigenvalue weighted by atomic mass is 35.5. The van der Waals surface area contributed by atoms with Crippen molar-refractivity contribution < 1.29 is 23.2 Å². The number of amides is 2. The summed E-state index contributed by atoms with van der Waals surface area (Å²) in [6.07, 6.45) is -4.52. The molecule has 0 unspecified atom stereocenters. The van der Waals surface area contributed by atoms with Crippen LogP contribution in [-0.2, 0) is 0 Å². The Morgan fingerprint density at radius 1 is 1.45 bits per heavy atom. The maximum atomic E-state index is 11.9. The van der Waals surface area contributed by atoms with Gasteiger partial charge in [0.15, 0.2) is 5.84 Å². The molecule has 10 heteroatoms. The zero-order valence-corrected chi connectivity index (χ0v) is 10.6. The van der Waals surface area contributed by atoms with Gasteiger partial charge in [0.05, 0.1) is 10.7 Å². The van der Waals surface area contributed by atoms with Crippen LogP contribution >= 0.6 is 11.6 Å². The Kier molecular flexibility index (Phi) is 5.03. The van der Waals surface area contributed by atoms with Crippen molar-refractivity contribution in [2.45, 2.75) is 6.18 Å². The van der Waals surface area contributed by atoms with E-state index in [1.54, 1.807) is 5.32 Å². The minimum atomic E-state index is -4.52. The molecule has 0 aliphatic carbocycles. The molecular weight excluding hydrogens is 301 g/mol. The fraction of sp³-hybridized carbons (Fsp3) is 0.200. The molecule has 20 heavy (non-hydrogen) atoms. The second kappa shape index (κ2) is 6.33. The number of anilines is 1. The Morgan fingerprint density at radius 3 is 2.65 bits per heavy atom. The largest absolute Gasteiger partial charge is 0.409 e. The van der Waals surface area contributed by atoms with E-state index in [4.69, 9.17) is 22.5 Å². The topological polar surface area (TPSA) is 99.7 Å². The van der Waals surface area contributed by atoms with Crippen molar-refractivity contribution >= 4 is 29.2 Å². The molecular formula is C10H10ClF3N4O2. The summed E-state index contributed by atoms with van der Waals surface area (Å²) in [5.41, 5.74) is 5.60. The average Bonchev–Trinajstić information content (AvgIpc) is 2.37. The van der Waals surface area contributed by atoms with Gasteiger partial charge in [-0.05, 0) is 18.2 Å². The summed E-state index contributed by atoms with van der Waals surface area (Å²) < 4.78 is 35.8. The molecule has 0 radical (unpaired) electrons. The zero-order valence-electron chi connectivity index (χ0n) is 9.83. The number of hydrogen-bond donors (Lipinski definition) is 4. The summed E-state index contributed by atoms with van der Waals surface area (Å²) in [6, 6.07) is 2.93. The van der Waals surface area contributed by atoms with E-state index >= 15 is 0 Å². The number of carbonyl (C=O) groups is 1. The Bertz CT molecular complexity index is 534. The molecule has 0 aliphatic heterocycles. The Balaban J connectivity index is 2.79. The van der Waals surface area contributed by atoms with Crippen LogP contribution in [0.25, 0.3) is 0 Å². The minimum absolute atomic E-state index is 0.0236. The Labute approximate surface area is 116 Å². The lowest BCUT2D eigenvalue weighted by Gasteiger charge is -2.11. The molecule has 1 aromatic rings. The molecule has 0 fully saturated rings. The van der Waals surface area contributed by atoms with Gasteiger partial charge in [0, 0.05) is 5.56 Å². The lowest BCUT2D eigenvalue weighted by Crippen LogP contribution is -2.36. The summed E-state index contributed by atoms with van der Waals surface area (Å²) in [5, 5.41) is 15.1. The van der Waals surface area contributed by atoms with Gasteiger partial charge in [0.1, 0.15) is 6.54 Å². The lowest BCUT2D eigenvalue weighted by atomic mass is 10.2. The van der Waals surface area contributed by atoms with E-state index in [1.165, 1.54) is 18.2 Å². The normalized spacial score (nSPS) is 12.1. The standard InChI is InChI=1S/C10H10ClF3N4O2/c11-6-2-1-5(8(15)18-20)3-7(6)17-9(19)16-4-10(12,13)14/h1-3,20H,4H2,(H2,15,18)(H2,16,17,19). The first-order valence-electron chi connectivity index (χ1n) is 5.12. The van der Waals surface area contributed by atoms with E-state index in [1.807, 2.05) is 0 Å². The molecule has 0 saturated carbocycles. The van der Waals surface area contributed by atoms with E-state index in [0.29, 0.717) is 0 Å². The number of benzene rings is 1. The van der Waals surface area contributed by atoms with Gasteiger partial charge < -0.3 is 21.6 Å². The van der Waals surface area contributed by atoms with Crippen LogP contribution < -0.4 is 16.4 Å². The van der Waals surface area contributed by atoms with Crippen LogP contribution in [-0.4, -0.2) is 29.8 Å². The van der Waals surface area contributed by atoms with Crippen LogP contribution in [0.2, 0.25) is 5.02 Å². The molecule has 0 bridgehead atoms. The first kappa shape index (κ1) is 15.9. The minimum Gasteiger partial charge on any atom is -0.409 e. The molecule has 0 atom stereocenters. The summed E-state index contributed by atoms with van der Waals surface area (Å²) in [6.45, 7) is -1.48. The van der Waals surface area contributed by atoms with Gasteiger partial charge in [-0.15, -0.1) is 0 Å². The predicted octanol–water partition coefficient (Wildman–Crippen LogP) is 2.12. The van der Waals surface area contributed by atoms with Crippen molar-refractivity contribution in [3.05, 3.63) is 28.8 Å². The van der Waals surface area contributed by atoms with E-state index in [0.717, 1.165) is 0 Å². The van der Waals surface area contributed by atoms with E-state index in [-0.39, 0.29) is 22.1 Å². The van der Waals surface area contributed by atoms with Crippen molar-refractivity contribution in [2.24, 2.45) is 10.9 Å². The highest BCUT2D eigenvalue weighted by Crippen LogP contribution is 2.23. The van der Waals surface area contributed by atoms with Crippen molar-refractivity contribution in [3.8, 4) is 0 Å². The fourth-order valence-corrected chi connectivity index (χ4v) is 1.35. The van der Waals surface area contributed by atoms with Crippen molar-refractivity contribution in [2.75, 3.05) is 11.9 Å². The van der Waals surface area contributed by atoms with Crippen molar-refractivity contribution in [3.63, 3.8) is 0 Å². The van der Waals surface area contributed by atoms with Gasteiger partial charge in [-0.25, -0.2) is 4.79 Å². The number of nitrogens with one attached hydrogen (secondary N) is 2. The van der Waals surface area contributed by atoms with Gasteiger partial charge in [-0.2, -0.15) is 13.2 Å². The van der Waals surface area contributed by atoms with Gasteiger partial charge in [-0.3, -0.25) is 0 Å². The van der Waals surface area contributed by atoms with E-state index in [9.17, 15) is 18.0 Å². The average molecular weight is 311 g/mol. The summed E-state index contributed by atoms with van der Waals surface area (Å²) in [4.78, 5) is 11.3. The molecule has 0 aliphatic rings. The second-order valence-electron chi connectivity index (χ2n) is 3.60. The molecule has 0 heterocycles. The van der Waals surface area contributed by atoms with E-state index in [2.05, 4.69) is 10.5 Å². The van der Waals surface area contributed by atoms with Gasteiger partial charge in [0.2, 0.25) is 0 Å². The lowest BCUT2D eigenvalue weighted by molar-refractivity contribution is -0.122. The van der Waals surface area contributed by atoms with Crippen molar-refractivity contribution in [1.82, 2.24) is 5.32 Å². The number of alkyl halides is 3. The van der Waals surface area contributed by atoms with Gasteiger partial charge >= 0.3 is 12.2 Å². The Hall–Kier alpha value is -2.16. The SMILES string of the molecule is N/C(=N/O)c1ccc(Cl)c(NC(=O)NCC(F)(F)F)c1. The summed E-state index contributed by atoms with van der Waals surface area (Å²) in [7, 11) is 0.